The molecule has 0 bridgehead atoms. The highest BCUT2D eigenvalue weighted by Crippen LogP contribution is 2.37. The van der Waals surface area contributed by atoms with Gasteiger partial charge in [0.1, 0.15) is 11.9 Å². The molecule has 0 aliphatic carbocycles. The molecule has 1 saturated heterocycles. The number of nitrogens with one attached hydrogen (secondary N) is 1. The molecule has 0 radical (unpaired) electrons. The lowest BCUT2D eigenvalue weighted by Crippen LogP contribution is -2.49. The first-order valence-electron chi connectivity index (χ1n) is 10.8. The molecule has 162 valence electrons. The summed E-state index contributed by atoms with van der Waals surface area (Å²) in [5.41, 5.74) is 2.92. The van der Waals surface area contributed by atoms with E-state index in [1.165, 1.54) is 10.2 Å². The predicted octanol–water partition coefficient (Wildman–Crippen LogP) is 4.53. The van der Waals surface area contributed by atoms with Gasteiger partial charge in [-0.1, -0.05) is 29.8 Å². The van der Waals surface area contributed by atoms with Crippen LogP contribution in [0, 0.1) is 19.8 Å². The third-order valence-corrected chi connectivity index (χ3v) is 6.58. The van der Waals surface area contributed by atoms with Gasteiger partial charge in [-0.15, -0.1) is 0 Å². The number of alkyl halides is 2. The van der Waals surface area contributed by atoms with Crippen LogP contribution in [0.25, 0.3) is 0 Å². The van der Waals surface area contributed by atoms with Crippen molar-refractivity contribution in [3.05, 3.63) is 47.2 Å². The zero-order valence-corrected chi connectivity index (χ0v) is 17.8. The summed E-state index contributed by atoms with van der Waals surface area (Å²) in [6.45, 7) is 7.13. The molecule has 1 N–H and O–H groups in total. The van der Waals surface area contributed by atoms with Gasteiger partial charge in [-0.05, 0) is 51.5 Å². The van der Waals surface area contributed by atoms with Crippen molar-refractivity contribution in [2.45, 2.75) is 64.5 Å². The lowest BCUT2D eigenvalue weighted by atomic mass is 9.85. The Morgan fingerprint density at radius 1 is 1.23 bits per heavy atom. The van der Waals surface area contributed by atoms with E-state index in [1.807, 2.05) is 56.0 Å². The molecule has 2 aromatic rings. The van der Waals surface area contributed by atoms with Crippen LogP contribution in [0.15, 0.2) is 30.3 Å². The minimum Gasteiger partial charge on any atom is -0.367 e. The third-order valence-electron chi connectivity index (χ3n) is 6.58. The van der Waals surface area contributed by atoms with Crippen molar-refractivity contribution in [1.29, 1.82) is 0 Å². The molecule has 4 atom stereocenters. The van der Waals surface area contributed by atoms with Crippen molar-refractivity contribution >= 4 is 11.7 Å². The SMILES string of the molecule is Cc1ccc([C@@H](C)C(=O)N2CCC[C@@H]([C@@H]3C[C@H](C(F)F)n4nc(C)cc4N3)C2)cc1. The third kappa shape index (κ3) is 4.07. The second-order valence-corrected chi connectivity index (χ2v) is 8.82. The summed E-state index contributed by atoms with van der Waals surface area (Å²) in [7, 11) is 0. The molecule has 1 aromatic heterocycles. The van der Waals surface area contributed by atoms with Gasteiger partial charge in [0.15, 0.2) is 0 Å². The van der Waals surface area contributed by atoms with Crippen LogP contribution in [0.2, 0.25) is 0 Å². The maximum atomic E-state index is 13.7. The van der Waals surface area contributed by atoms with E-state index in [9.17, 15) is 13.6 Å². The van der Waals surface area contributed by atoms with Gasteiger partial charge in [0.25, 0.3) is 6.43 Å². The molecule has 3 heterocycles. The van der Waals surface area contributed by atoms with Gasteiger partial charge in [0, 0.05) is 25.2 Å². The molecular formula is C23H30F2N4O. The standard InChI is InChI=1S/C23H30F2N4O/c1-14-6-8-17(9-7-14)16(3)23(30)28-10-4-5-18(13-28)19-12-20(22(24)25)29-21(26-19)11-15(2)27-29/h6-9,11,16,18-20,22,26H,4-5,10,12-13H2,1-3H3/t16-,18-,19+,20-/m1/s1. The molecule has 4 rings (SSSR count). The summed E-state index contributed by atoms with van der Waals surface area (Å²) in [5.74, 6) is 0.718. The molecular weight excluding hydrogens is 386 g/mol. The number of piperidine rings is 1. The van der Waals surface area contributed by atoms with Crippen molar-refractivity contribution in [2.75, 3.05) is 18.4 Å². The lowest BCUT2D eigenvalue weighted by molar-refractivity contribution is -0.134. The average molecular weight is 417 g/mol. The fraction of sp³-hybridized carbons (Fsp3) is 0.565. The summed E-state index contributed by atoms with van der Waals surface area (Å²) < 4.78 is 28.9. The van der Waals surface area contributed by atoms with Gasteiger partial charge < -0.3 is 10.2 Å². The number of carbonyl (C=O) groups is 1. The number of rotatable bonds is 4. The number of anilines is 1. The maximum Gasteiger partial charge on any atom is 0.260 e. The second-order valence-electron chi connectivity index (χ2n) is 8.82. The van der Waals surface area contributed by atoms with Gasteiger partial charge >= 0.3 is 0 Å². The van der Waals surface area contributed by atoms with Crippen LogP contribution >= 0.6 is 0 Å². The first-order chi connectivity index (χ1) is 14.3. The van der Waals surface area contributed by atoms with Gasteiger partial charge in [-0.2, -0.15) is 5.10 Å². The smallest absolute Gasteiger partial charge is 0.260 e. The van der Waals surface area contributed by atoms with Gasteiger partial charge in [-0.3, -0.25) is 4.79 Å². The van der Waals surface area contributed by atoms with E-state index in [1.54, 1.807) is 0 Å². The fourth-order valence-corrected chi connectivity index (χ4v) is 4.82. The van der Waals surface area contributed by atoms with Crippen LogP contribution in [0.3, 0.4) is 0 Å². The summed E-state index contributed by atoms with van der Waals surface area (Å²) in [6, 6.07) is 8.90. The highest BCUT2D eigenvalue weighted by atomic mass is 19.3. The topological polar surface area (TPSA) is 50.2 Å². The molecule has 1 fully saturated rings. The summed E-state index contributed by atoms with van der Waals surface area (Å²) in [5, 5.41) is 7.68. The molecule has 0 spiro atoms. The minimum absolute atomic E-state index is 0.0853. The van der Waals surface area contributed by atoms with E-state index >= 15 is 0 Å². The number of hydrogen-bond acceptors (Lipinski definition) is 3. The van der Waals surface area contributed by atoms with Gasteiger partial charge in [0.2, 0.25) is 5.91 Å². The number of carbonyl (C=O) groups excluding carboxylic acids is 1. The molecule has 1 amide bonds. The van der Waals surface area contributed by atoms with E-state index in [0.29, 0.717) is 18.8 Å². The van der Waals surface area contributed by atoms with Crippen molar-refractivity contribution in [2.24, 2.45) is 5.92 Å². The number of fused-ring (bicyclic) bond motifs is 1. The zero-order chi connectivity index (χ0) is 21.4. The Morgan fingerprint density at radius 2 is 1.97 bits per heavy atom. The molecule has 1 aromatic carbocycles. The van der Waals surface area contributed by atoms with Crippen LogP contribution < -0.4 is 5.32 Å². The first kappa shape index (κ1) is 20.8. The molecule has 0 unspecified atom stereocenters. The van der Waals surface area contributed by atoms with Crippen molar-refractivity contribution < 1.29 is 13.6 Å². The number of hydrogen-bond donors (Lipinski definition) is 1. The Labute approximate surface area is 176 Å². The Hall–Kier alpha value is -2.44. The number of halogens is 2. The largest absolute Gasteiger partial charge is 0.367 e. The first-order valence-corrected chi connectivity index (χ1v) is 10.8. The summed E-state index contributed by atoms with van der Waals surface area (Å²) in [4.78, 5) is 15.1. The van der Waals surface area contributed by atoms with Crippen molar-refractivity contribution in [3.8, 4) is 0 Å². The highest BCUT2D eigenvalue weighted by molar-refractivity contribution is 5.83. The average Bonchev–Trinajstić information content (AvgIpc) is 3.12. The van der Waals surface area contributed by atoms with Crippen molar-refractivity contribution in [3.63, 3.8) is 0 Å². The number of aryl methyl sites for hydroxylation is 2. The number of nitrogens with zero attached hydrogens (tertiary/aromatic N) is 3. The van der Waals surface area contributed by atoms with Crippen molar-refractivity contribution in [1.82, 2.24) is 14.7 Å². The Morgan fingerprint density at radius 3 is 2.67 bits per heavy atom. The Bertz CT molecular complexity index is 895. The molecule has 2 aliphatic rings. The summed E-state index contributed by atoms with van der Waals surface area (Å²) in [6.07, 6.45) is -0.307. The minimum atomic E-state index is -2.46. The maximum absolute atomic E-state index is 13.7. The molecule has 0 saturated carbocycles. The second kappa shape index (κ2) is 8.36. The number of aromatic nitrogens is 2. The number of likely N-dealkylation sites (tertiary alicyclic amines) is 1. The quantitative estimate of drug-likeness (QED) is 0.797. The molecule has 2 aliphatic heterocycles. The normalized spacial score (nSPS) is 25.0. The monoisotopic (exact) mass is 416 g/mol. The molecule has 30 heavy (non-hydrogen) atoms. The van der Waals surface area contributed by atoms with Crippen LogP contribution in [0.4, 0.5) is 14.6 Å². The van der Waals surface area contributed by atoms with E-state index in [2.05, 4.69) is 10.4 Å². The highest BCUT2D eigenvalue weighted by Gasteiger charge is 2.39. The number of amides is 1. The van der Waals surface area contributed by atoms with E-state index < -0.39 is 12.5 Å². The van der Waals surface area contributed by atoms with Crippen LogP contribution in [0.1, 0.15) is 55.0 Å². The summed E-state index contributed by atoms with van der Waals surface area (Å²) >= 11 is 0. The van der Waals surface area contributed by atoms with Gasteiger partial charge in [0.05, 0.1) is 11.6 Å². The van der Waals surface area contributed by atoms with E-state index in [4.69, 9.17) is 0 Å². The van der Waals surface area contributed by atoms with Crippen LogP contribution in [-0.4, -0.2) is 46.1 Å². The molecule has 5 nitrogen and oxygen atoms in total. The van der Waals surface area contributed by atoms with E-state index in [0.717, 1.165) is 30.6 Å². The predicted molar refractivity (Wildman–Crippen MR) is 113 cm³/mol. The van der Waals surface area contributed by atoms with Crippen LogP contribution in [-0.2, 0) is 4.79 Å². The lowest BCUT2D eigenvalue weighted by Gasteiger charge is -2.41. The van der Waals surface area contributed by atoms with E-state index in [-0.39, 0.29) is 23.8 Å². The molecule has 7 heteroatoms. The Kier molecular flexibility index (Phi) is 5.80. The van der Waals surface area contributed by atoms with Gasteiger partial charge in [-0.25, -0.2) is 13.5 Å². The zero-order valence-electron chi connectivity index (χ0n) is 17.8. The Balaban J connectivity index is 1.47. The van der Waals surface area contributed by atoms with Crippen LogP contribution in [0.5, 0.6) is 0 Å². The fourth-order valence-electron chi connectivity index (χ4n) is 4.82. The number of benzene rings is 1.